The fraction of sp³-hybridized carbons (Fsp3) is 0.389. The quantitative estimate of drug-likeness (QED) is 0.667. The minimum atomic E-state index is -0.0739. The van der Waals surface area contributed by atoms with Crippen molar-refractivity contribution >= 4 is 0 Å². The second-order valence-electron chi connectivity index (χ2n) is 6.37. The minimum Gasteiger partial charge on any atom is -0.271 e. The number of aromatic nitrogens is 1. The molecule has 0 saturated heterocycles. The molecule has 1 heterocycles. The van der Waals surface area contributed by atoms with Gasteiger partial charge >= 0.3 is 0 Å². The van der Waals surface area contributed by atoms with E-state index in [4.69, 9.17) is 5.84 Å². The number of nitrogens with two attached hydrogens (primary N) is 1. The van der Waals surface area contributed by atoms with E-state index in [0.717, 1.165) is 17.7 Å². The van der Waals surface area contributed by atoms with Gasteiger partial charge < -0.3 is 0 Å². The summed E-state index contributed by atoms with van der Waals surface area (Å²) in [5.74, 6) is 5.79. The van der Waals surface area contributed by atoms with Crippen LogP contribution >= 0.6 is 0 Å². The van der Waals surface area contributed by atoms with Gasteiger partial charge in [-0.15, -0.1) is 0 Å². The Morgan fingerprint density at radius 2 is 1.81 bits per heavy atom. The summed E-state index contributed by atoms with van der Waals surface area (Å²) in [7, 11) is 0. The topological polar surface area (TPSA) is 50.9 Å². The molecule has 0 bridgehead atoms. The summed E-state index contributed by atoms with van der Waals surface area (Å²) in [6, 6.07) is 12.6. The molecule has 0 amide bonds. The molecular formula is C18H25N3. The van der Waals surface area contributed by atoms with Gasteiger partial charge in [-0.05, 0) is 34.6 Å². The number of hydrogen-bond donors (Lipinski definition) is 2. The van der Waals surface area contributed by atoms with Gasteiger partial charge in [0.1, 0.15) is 0 Å². The van der Waals surface area contributed by atoms with Crippen LogP contribution in [0.1, 0.15) is 56.1 Å². The molecule has 3 nitrogen and oxygen atoms in total. The lowest BCUT2D eigenvalue weighted by atomic mass is 9.86. The van der Waals surface area contributed by atoms with Crippen LogP contribution in [-0.4, -0.2) is 4.98 Å². The molecule has 1 aromatic carbocycles. The Labute approximate surface area is 127 Å². The van der Waals surface area contributed by atoms with Crippen molar-refractivity contribution in [1.82, 2.24) is 10.4 Å². The first-order valence-electron chi connectivity index (χ1n) is 7.47. The number of nitrogens with zero attached hydrogens (tertiary/aromatic N) is 1. The molecule has 112 valence electrons. The Kier molecular flexibility index (Phi) is 4.76. The van der Waals surface area contributed by atoms with Crippen molar-refractivity contribution in [3.05, 3.63) is 65.0 Å². The number of aryl methyl sites for hydroxylation is 1. The van der Waals surface area contributed by atoms with E-state index >= 15 is 0 Å². The number of pyridine rings is 1. The first-order chi connectivity index (χ1) is 9.97. The molecule has 3 heteroatoms. The molecule has 0 saturated carbocycles. The van der Waals surface area contributed by atoms with Crippen LogP contribution in [0.15, 0.2) is 42.6 Å². The summed E-state index contributed by atoms with van der Waals surface area (Å²) in [5.41, 5.74) is 7.75. The van der Waals surface area contributed by atoms with E-state index in [0.29, 0.717) is 0 Å². The lowest BCUT2D eigenvalue weighted by molar-refractivity contribution is 0.586. The predicted molar refractivity (Wildman–Crippen MR) is 87.9 cm³/mol. The molecule has 1 atom stereocenters. The Morgan fingerprint density at radius 3 is 2.33 bits per heavy atom. The van der Waals surface area contributed by atoms with Gasteiger partial charge in [-0.1, -0.05) is 58.0 Å². The number of nitrogens with one attached hydrogen (secondary N) is 1. The molecule has 0 aliphatic heterocycles. The average molecular weight is 283 g/mol. The standard InChI is InChI=1S/C18H25N3/c1-5-13-7-6-12-20-16(13)17(21-19)14-8-10-15(11-9-14)18(2,3)4/h6-12,17,21H,5,19H2,1-4H3. The van der Waals surface area contributed by atoms with Crippen LogP contribution in [0.4, 0.5) is 0 Å². The Hall–Kier alpha value is -1.71. The third-order valence-electron chi connectivity index (χ3n) is 3.86. The van der Waals surface area contributed by atoms with Crippen LogP contribution in [0.25, 0.3) is 0 Å². The van der Waals surface area contributed by atoms with Gasteiger partial charge in [0, 0.05) is 6.20 Å². The number of hydrogen-bond acceptors (Lipinski definition) is 3. The van der Waals surface area contributed by atoms with E-state index in [9.17, 15) is 0 Å². The zero-order chi connectivity index (χ0) is 15.5. The molecule has 0 fully saturated rings. The van der Waals surface area contributed by atoms with E-state index in [1.807, 2.05) is 12.3 Å². The molecule has 0 aliphatic carbocycles. The molecule has 0 radical (unpaired) electrons. The van der Waals surface area contributed by atoms with Gasteiger partial charge in [0.05, 0.1) is 11.7 Å². The lowest BCUT2D eigenvalue weighted by Crippen LogP contribution is -2.30. The summed E-state index contributed by atoms with van der Waals surface area (Å²) >= 11 is 0. The monoisotopic (exact) mass is 283 g/mol. The maximum Gasteiger partial charge on any atom is 0.0884 e. The zero-order valence-corrected chi connectivity index (χ0v) is 13.4. The van der Waals surface area contributed by atoms with E-state index in [2.05, 4.69) is 68.4 Å². The highest BCUT2D eigenvalue weighted by molar-refractivity contribution is 5.35. The summed E-state index contributed by atoms with van der Waals surface area (Å²) in [5, 5.41) is 0. The Bertz CT molecular complexity index is 582. The van der Waals surface area contributed by atoms with E-state index in [1.54, 1.807) is 0 Å². The average Bonchev–Trinajstić information content (AvgIpc) is 2.48. The van der Waals surface area contributed by atoms with Gasteiger partial charge in [0.2, 0.25) is 0 Å². The van der Waals surface area contributed by atoms with Crippen LogP contribution in [0.3, 0.4) is 0 Å². The normalized spacial score (nSPS) is 13.2. The molecule has 21 heavy (non-hydrogen) atoms. The number of benzene rings is 1. The van der Waals surface area contributed by atoms with E-state index < -0.39 is 0 Å². The van der Waals surface area contributed by atoms with Crippen LogP contribution in [-0.2, 0) is 11.8 Å². The van der Waals surface area contributed by atoms with Crippen molar-refractivity contribution in [2.24, 2.45) is 5.84 Å². The number of hydrazine groups is 1. The van der Waals surface area contributed by atoms with Gasteiger partial charge in [-0.25, -0.2) is 5.43 Å². The van der Waals surface area contributed by atoms with Gasteiger partial charge in [-0.2, -0.15) is 0 Å². The SMILES string of the molecule is CCc1cccnc1C(NN)c1ccc(C(C)(C)C)cc1. The minimum absolute atomic E-state index is 0.0739. The van der Waals surface area contributed by atoms with E-state index in [1.165, 1.54) is 11.1 Å². The van der Waals surface area contributed by atoms with Gasteiger partial charge in [0.25, 0.3) is 0 Å². The van der Waals surface area contributed by atoms with Crippen molar-refractivity contribution in [1.29, 1.82) is 0 Å². The second kappa shape index (κ2) is 6.37. The molecule has 2 aromatic rings. The van der Waals surface area contributed by atoms with Gasteiger partial charge in [-0.3, -0.25) is 10.8 Å². The number of rotatable bonds is 4. The third kappa shape index (κ3) is 3.49. The lowest BCUT2D eigenvalue weighted by Gasteiger charge is -2.22. The van der Waals surface area contributed by atoms with Crippen LogP contribution < -0.4 is 11.3 Å². The zero-order valence-electron chi connectivity index (χ0n) is 13.4. The first-order valence-corrected chi connectivity index (χ1v) is 7.47. The summed E-state index contributed by atoms with van der Waals surface area (Å²) in [4.78, 5) is 4.53. The molecule has 1 unspecified atom stereocenters. The maximum atomic E-state index is 5.79. The van der Waals surface area contributed by atoms with Crippen molar-refractivity contribution in [2.45, 2.75) is 45.6 Å². The molecular weight excluding hydrogens is 258 g/mol. The van der Waals surface area contributed by atoms with Crippen molar-refractivity contribution in [2.75, 3.05) is 0 Å². The molecule has 1 aromatic heterocycles. The van der Waals surface area contributed by atoms with Crippen molar-refractivity contribution in [3.63, 3.8) is 0 Å². The molecule has 2 rings (SSSR count). The molecule has 0 aliphatic rings. The summed E-state index contributed by atoms with van der Waals surface area (Å²) in [6.45, 7) is 8.79. The largest absolute Gasteiger partial charge is 0.271 e. The van der Waals surface area contributed by atoms with Crippen LogP contribution in [0, 0.1) is 0 Å². The second-order valence-corrected chi connectivity index (χ2v) is 6.37. The maximum absolute atomic E-state index is 5.79. The molecule has 0 spiro atoms. The summed E-state index contributed by atoms with van der Waals surface area (Å²) < 4.78 is 0. The highest BCUT2D eigenvalue weighted by atomic mass is 15.2. The Balaban J connectivity index is 2.38. The summed E-state index contributed by atoms with van der Waals surface area (Å²) in [6.07, 6.45) is 2.77. The van der Waals surface area contributed by atoms with Crippen molar-refractivity contribution in [3.8, 4) is 0 Å². The third-order valence-corrected chi connectivity index (χ3v) is 3.86. The highest BCUT2D eigenvalue weighted by Crippen LogP contribution is 2.27. The predicted octanol–water partition coefficient (Wildman–Crippen LogP) is 3.49. The Morgan fingerprint density at radius 1 is 1.14 bits per heavy atom. The molecule has 3 N–H and O–H groups in total. The smallest absolute Gasteiger partial charge is 0.0884 e. The van der Waals surface area contributed by atoms with Crippen molar-refractivity contribution < 1.29 is 0 Å². The van der Waals surface area contributed by atoms with Gasteiger partial charge in [0.15, 0.2) is 0 Å². The van der Waals surface area contributed by atoms with Crippen LogP contribution in [0.5, 0.6) is 0 Å². The fourth-order valence-corrected chi connectivity index (χ4v) is 2.52. The fourth-order valence-electron chi connectivity index (χ4n) is 2.52. The van der Waals surface area contributed by atoms with E-state index in [-0.39, 0.29) is 11.5 Å². The first kappa shape index (κ1) is 15.7. The highest BCUT2D eigenvalue weighted by Gasteiger charge is 2.18. The van der Waals surface area contributed by atoms with Crippen LogP contribution in [0.2, 0.25) is 0 Å².